The van der Waals surface area contributed by atoms with Gasteiger partial charge in [0.25, 0.3) is 0 Å². The maximum absolute atomic E-state index is 4.14. The summed E-state index contributed by atoms with van der Waals surface area (Å²) in [7, 11) is 0. The number of hydrogen-bond acceptors (Lipinski definition) is 1. The first kappa shape index (κ1) is 14.1. The highest BCUT2D eigenvalue weighted by Crippen LogP contribution is 2.33. The second kappa shape index (κ2) is 6.23. The van der Waals surface area contributed by atoms with Crippen molar-refractivity contribution >= 4 is 0 Å². The van der Waals surface area contributed by atoms with E-state index in [1.807, 2.05) is 0 Å². The van der Waals surface area contributed by atoms with Crippen LogP contribution in [0.15, 0.2) is 12.2 Å². The molecule has 3 atom stereocenters. The Kier molecular flexibility index (Phi) is 4.89. The fourth-order valence-corrected chi connectivity index (χ4v) is 3.98. The van der Waals surface area contributed by atoms with Crippen LogP contribution in [0.3, 0.4) is 0 Å². The third-order valence-electron chi connectivity index (χ3n) is 5.35. The third kappa shape index (κ3) is 3.38. The molecule has 0 aromatic heterocycles. The molecule has 1 aliphatic carbocycles. The molecule has 0 bridgehead atoms. The minimum atomic E-state index is 0.791. The standard InChI is InChI=1S/C17H31N/c1-13(2)16-8-10-18(11-9-16)17-12-14(3)6-5-7-15(17)4/h14-17H,1,5-12H2,2-4H3. The van der Waals surface area contributed by atoms with Crippen LogP contribution in [0.1, 0.15) is 59.3 Å². The second-order valence-electron chi connectivity index (χ2n) is 6.97. The van der Waals surface area contributed by atoms with Crippen LogP contribution in [0.4, 0.5) is 0 Å². The topological polar surface area (TPSA) is 3.24 Å². The van der Waals surface area contributed by atoms with Gasteiger partial charge in [-0.1, -0.05) is 38.8 Å². The third-order valence-corrected chi connectivity index (χ3v) is 5.35. The molecule has 0 aromatic rings. The molecule has 2 rings (SSSR count). The highest BCUT2D eigenvalue weighted by atomic mass is 15.2. The zero-order valence-corrected chi connectivity index (χ0v) is 12.6. The van der Waals surface area contributed by atoms with Crippen molar-refractivity contribution in [3.05, 3.63) is 12.2 Å². The average molecular weight is 249 g/mol. The monoisotopic (exact) mass is 249 g/mol. The fourth-order valence-electron chi connectivity index (χ4n) is 3.98. The molecule has 1 saturated carbocycles. The second-order valence-corrected chi connectivity index (χ2v) is 6.97. The lowest BCUT2D eigenvalue weighted by Crippen LogP contribution is -2.45. The van der Waals surface area contributed by atoms with Gasteiger partial charge in [-0.15, -0.1) is 0 Å². The van der Waals surface area contributed by atoms with Gasteiger partial charge in [0, 0.05) is 6.04 Å². The quantitative estimate of drug-likeness (QED) is 0.515. The molecule has 0 N–H and O–H groups in total. The predicted octanol–water partition coefficient (Wildman–Crippen LogP) is 4.49. The molecule has 1 heterocycles. The van der Waals surface area contributed by atoms with Crippen molar-refractivity contribution in [1.29, 1.82) is 0 Å². The summed E-state index contributed by atoms with van der Waals surface area (Å²) in [5.74, 6) is 2.62. The van der Waals surface area contributed by atoms with Gasteiger partial charge >= 0.3 is 0 Å². The van der Waals surface area contributed by atoms with E-state index >= 15 is 0 Å². The van der Waals surface area contributed by atoms with Gasteiger partial charge in [-0.25, -0.2) is 0 Å². The molecule has 0 radical (unpaired) electrons. The summed E-state index contributed by atoms with van der Waals surface area (Å²) in [6.45, 7) is 13.9. The van der Waals surface area contributed by atoms with Gasteiger partial charge in [0.2, 0.25) is 0 Å². The van der Waals surface area contributed by atoms with Crippen LogP contribution in [0.25, 0.3) is 0 Å². The minimum Gasteiger partial charge on any atom is -0.300 e. The SMILES string of the molecule is C=C(C)C1CCN(C2CC(C)CCCC2C)CC1. The predicted molar refractivity (Wildman–Crippen MR) is 79.7 cm³/mol. The number of rotatable bonds is 2. The number of piperidine rings is 1. The summed E-state index contributed by atoms with van der Waals surface area (Å²) >= 11 is 0. The maximum Gasteiger partial charge on any atom is 0.0123 e. The van der Waals surface area contributed by atoms with Gasteiger partial charge in [-0.05, 0) is 63.5 Å². The summed E-state index contributed by atoms with van der Waals surface area (Å²) in [6, 6.07) is 0.855. The van der Waals surface area contributed by atoms with Crippen LogP contribution in [0.2, 0.25) is 0 Å². The first-order chi connectivity index (χ1) is 8.58. The van der Waals surface area contributed by atoms with Crippen molar-refractivity contribution < 1.29 is 0 Å². The number of hydrogen-bond donors (Lipinski definition) is 0. The number of allylic oxidation sites excluding steroid dienone is 1. The highest BCUT2D eigenvalue weighted by Gasteiger charge is 2.31. The lowest BCUT2D eigenvalue weighted by Gasteiger charge is -2.40. The molecule has 1 aliphatic heterocycles. The summed E-state index contributed by atoms with van der Waals surface area (Å²) in [4.78, 5) is 2.80. The van der Waals surface area contributed by atoms with Crippen LogP contribution in [0, 0.1) is 17.8 Å². The Hall–Kier alpha value is -0.300. The molecule has 0 spiro atoms. The van der Waals surface area contributed by atoms with E-state index in [-0.39, 0.29) is 0 Å². The van der Waals surface area contributed by atoms with Gasteiger partial charge in [0.1, 0.15) is 0 Å². The molecule has 1 heteroatoms. The van der Waals surface area contributed by atoms with Crippen molar-refractivity contribution in [2.75, 3.05) is 13.1 Å². The Balaban J connectivity index is 1.92. The first-order valence-corrected chi connectivity index (χ1v) is 7.97. The molecule has 18 heavy (non-hydrogen) atoms. The van der Waals surface area contributed by atoms with E-state index in [1.165, 1.54) is 57.2 Å². The maximum atomic E-state index is 4.14. The zero-order valence-electron chi connectivity index (χ0n) is 12.6. The average Bonchev–Trinajstić information content (AvgIpc) is 2.51. The normalized spacial score (nSPS) is 36.3. The van der Waals surface area contributed by atoms with Gasteiger partial charge in [0.15, 0.2) is 0 Å². The molecular weight excluding hydrogens is 218 g/mol. The van der Waals surface area contributed by atoms with Crippen molar-refractivity contribution in [2.24, 2.45) is 17.8 Å². The molecule has 1 nitrogen and oxygen atoms in total. The molecular formula is C17H31N. The summed E-state index contributed by atoms with van der Waals surface area (Å²) < 4.78 is 0. The molecule has 2 aliphatic rings. The zero-order chi connectivity index (χ0) is 13.1. The fraction of sp³-hybridized carbons (Fsp3) is 0.882. The Morgan fingerprint density at radius 2 is 1.72 bits per heavy atom. The summed E-state index contributed by atoms with van der Waals surface area (Å²) in [6.07, 6.45) is 8.44. The summed E-state index contributed by atoms with van der Waals surface area (Å²) in [5.41, 5.74) is 1.40. The Labute approximate surface area is 114 Å². The van der Waals surface area contributed by atoms with Gasteiger partial charge in [-0.2, -0.15) is 0 Å². The van der Waals surface area contributed by atoms with Gasteiger partial charge in [0.05, 0.1) is 0 Å². The van der Waals surface area contributed by atoms with E-state index in [0.717, 1.165) is 23.8 Å². The largest absolute Gasteiger partial charge is 0.300 e. The Bertz CT molecular complexity index is 275. The smallest absolute Gasteiger partial charge is 0.0123 e. The van der Waals surface area contributed by atoms with Crippen molar-refractivity contribution in [2.45, 2.75) is 65.3 Å². The van der Waals surface area contributed by atoms with Crippen molar-refractivity contribution in [3.8, 4) is 0 Å². The van der Waals surface area contributed by atoms with E-state index in [1.54, 1.807) is 0 Å². The van der Waals surface area contributed by atoms with E-state index < -0.39 is 0 Å². The van der Waals surface area contributed by atoms with E-state index in [4.69, 9.17) is 0 Å². The van der Waals surface area contributed by atoms with Gasteiger partial charge < -0.3 is 4.90 Å². The van der Waals surface area contributed by atoms with Gasteiger partial charge in [-0.3, -0.25) is 0 Å². The molecule has 3 unspecified atom stereocenters. The first-order valence-electron chi connectivity index (χ1n) is 7.97. The van der Waals surface area contributed by atoms with Crippen molar-refractivity contribution in [1.82, 2.24) is 4.90 Å². The van der Waals surface area contributed by atoms with E-state index in [9.17, 15) is 0 Å². The molecule has 0 amide bonds. The van der Waals surface area contributed by atoms with Crippen LogP contribution in [-0.4, -0.2) is 24.0 Å². The highest BCUT2D eigenvalue weighted by molar-refractivity contribution is 4.99. The molecule has 0 aromatic carbocycles. The number of nitrogens with zero attached hydrogens (tertiary/aromatic N) is 1. The van der Waals surface area contributed by atoms with Crippen molar-refractivity contribution in [3.63, 3.8) is 0 Å². The lowest BCUT2D eigenvalue weighted by molar-refractivity contribution is 0.0948. The van der Waals surface area contributed by atoms with Crippen LogP contribution in [0.5, 0.6) is 0 Å². The van der Waals surface area contributed by atoms with Crippen LogP contribution in [-0.2, 0) is 0 Å². The lowest BCUT2D eigenvalue weighted by atomic mass is 9.87. The van der Waals surface area contributed by atoms with Crippen LogP contribution < -0.4 is 0 Å². The Morgan fingerprint density at radius 3 is 2.33 bits per heavy atom. The van der Waals surface area contributed by atoms with Crippen LogP contribution >= 0.6 is 0 Å². The molecule has 104 valence electrons. The number of likely N-dealkylation sites (tertiary alicyclic amines) is 1. The Morgan fingerprint density at radius 1 is 1.06 bits per heavy atom. The molecule has 1 saturated heterocycles. The summed E-state index contributed by atoms with van der Waals surface area (Å²) in [5, 5.41) is 0. The molecule has 2 fully saturated rings. The van der Waals surface area contributed by atoms with E-state index in [0.29, 0.717) is 0 Å². The van der Waals surface area contributed by atoms with E-state index in [2.05, 4.69) is 32.3 Å². The minimum absolute atomic E-state index is 0.791.